The van der Waals surface area contributed by atoms with Gasteiger partial charge in [-0.3, -0.25) is 4.79 Å². The van der Waals surface area contributed by atoms with E-state index in [1.807, 2.05) is 45.9 Å². The second-order valence-corrected chi connectivity index (χ2v) is 5.08. The minimum Gasteiger partial charge on any atom is -0.496 e. The van der Waals surface area contributed by atoms with Crippen molar-refractivity contribution >= 4 is 5.97 Å². The van der Waals surface area contributed by atoms with Gasteiger partial charge in [-0.1, -0.05) is 12.1 Å². The minimum atomic E-state index is -0.449. The molecule has 0 bridgehead atoms. The van der Waals surface area contributed by atoms with Crippen LogP contribution in [0.5, 0.6) is 5.75 Å². The van der Waals surface area contributed by atoms with E-state index in [-0.39, 0.29) is 12.4 Å². The van der Waals surface area contributed by atoms with Gasteiger partial charge in [0.15, 0.2) is 0 Å². The van der Waals surface area contributed by atoms with Crippen LogP contribution in [0.4, 0.5) is 0 Å². The van der Waals surface area contributed by atoms with E-state index in [1.165, 1.54) is 0 Å². The first-order valence-electron chi connectivity index (χ1n) is 5.67. The highest BCUT2D eigenvalue weighted by Gasteiger charge is 2.17. The van der Waals surface area contributed by atoms with Crippen molar-refractivity contribution in [1.29, 1.82) is 0 Å². The van der Waals surface area contributed by atoms with Crippen molar-refractivity contribution in [2.75, 3.05) is 7.11 Å². The fourth-order valence-electron chi connectivity index (χ4n) is 1.53. The molecule has 0 aromatic heterocycles. The molecule has 3 heteroatoms. The summed E-state index contributed by atoms with van der Waals surface area (Å²) in [6.45, 7) is 7.56. The van der Waals surface area contributed by atoms with Crippen molar-refractivity contribution in [3.63, 3.8) is 0 Å². The Balaban J connectivity index is 2.78. The summed E-state index contributed by atoms with van der Waals surface area (Å²) in [4.78, 5) is 11.7. The number of hydrogen-bond donors (Lipinski definition) is 0. The van der Waals surface area contributed by atoms with Gasteiger partial charge in [0.1, 0.15) is 11.4 Å². The summed E-state index contributed by atoms with van der Waals surface area (Å²) in [5.41, 5.74) is 1.51. The monoisotopic (exact) mass is 236 g/mol. The third-order valence-corrected chi connectivity index (χ3v) is 2.20. The number of esters is 1. The van der Waals surface area contributed by atoms with Crippen LogP contribution in [0.1, 0.15) is 31.9 Å². The van der Waals surface area contributed by atoms with Crippen LogP contribution in [-0.2, 0) is 16.0 Å². The molecule has 0 saturated heterocycles. The number of carbonyl (C=O) groups excluding carboxylic acids is 1. The molecule has 0 saturated carbocycles. The summed E-state index contributed by atoms with van der Waals surface area (Å²) in [6, 6.07) is 5.78. The van der Waals surface area contributed by atoms with E-state index in [2.05, 4.69) is 0 Å². The molecule has 3 nitrogen and oxygen atoms in total. The van der Waals surface area contributed by atoms with Crippen molar-refractivity contribution in [2.24, 2.45) is 0 Å². The number of benzene rings is 1. The van der Waals surface area contributed by atoms with Crippen LogP contribution in [0.3, 0.4) is 0 Å². The van der Waals surface area contributed by atoms with Gasteiger partial charge in [-0.05, 0) is 39.3 Å². The number of carbonyl (C=O) groups is 1. The van der Waals surface area contributed by atoms with Crippen molar-refractivity contribution in [3.05, 3.63) is 29.3 Å². The summed E-state index contributed by atoms with van der Waals surface area (Å²) in [5.74, 6) is 0.496. The molecule has 17 heavy (non-hydrogen) atoms. The molecule has 0 amide bonds. The van der Waals surface area contributed by atoms with Crippen LogP contribution in [-0.4, -0.2) is 18.7 Å². The zero-order chi connectivity index (χ0) is 13.1. The predicted octanol–water partition coefficient (Wildman–Crippen LogP) is 2.89. The van der Waals surface area contributed by atoms with Gasteiger partial charge in [0.25, 0.3) is 0 Å². The lowest BCUT2D eigenvalue weighted by molar-refractivity contribution is -0.153. The lowest BCUT2D eigenvalue weighted by Gasteiger charge is -2.20. The molecule has 0 radical (unpaired) electrons. The highest BCUT2D eigenvalue weighted by atomic mass is 16.6. The molecule has 0 aliphatic carbocycles. The highest BCUT2D eigenvalue weighted by Crippen LogP contribution is 2.21. The molecule has 1 aromatic rings. The number of methoxy groups -OCH3 is 1. The van der Waals surface area contributed by atoms with Gasteiger partial charge in [-0.25, -0.2) is 0 Å². The first kappa shape index (κ1) is 13.6. The summed E-state index contributed by atoms with van der Waals surface area (Å²) >= 11 is 0. The van der Waals surface area contributed by atoms with E-state index >= 15 is 0 Å². The van der Waals surface area contributed by atoms with Crippen molar-refractivity contribution in [3.8, 4) is 5.75 Å². The average Bonchev–Trinajstić information content (AvgIpc) is 2.17. The fourth-order valence-corrected chi connectivity index (χ4v) is 1.53. The molecule has 0 spiro atoms. The van der Waals surface area contributed by atoms with E-state index in [0.717, 1.165) is 16.9 Å². The number of rotatable bonds is 3. The van der Waals surface area contributed by atoms with Crippen molar-refractivity contribution in [1.82, 2.24) is 0 Å². The van der Waals surface area contributed by atoms with Crippen LogP contribution in [0.2, 0.25) is 0 Å². The zero-order valence-electron chi connectivity index (χ0n) is 11.2. The van der Waals surface area contributed by atoms with Crippen LogP contribution in [0, 0.1) is 6.92 Å². The maximum atomic E-state index is 11.7. The third kappa shape index (κ3) is 4.47. The molecular formula is C14H20O3. The first-order chi connectivity index (χ1) is 7.81. The lowest BCUT2D eigenvalue weighted by Crippen LogP contribution is -2.25. The summed E-state index contributed by atoms with van der Waals surface area (Å²) in [5, 5.41) is 0. The van der Waals surface area contributed by atoms with Crippen LogP contribution >= 0.6 is 0 Å². The Morgan fingerprint density at radius 3 is 2.47 bits per heavy atom. The minimum absolute atomic E-state index is 0.236. The quantitative estimate of drug-likeness (QED) is 0.757. The maximum absolute atomic E-state index is 11.7. The van der Waals surface area contributed by atoms with E-state index in [9.17, 15) is 4.79 Å². The number of ether oxygens (including phenoxy) is 2. The van der Waals surface area contributed by atoms with E-state index < -0.39 is 5.60 Å². The molecule has 1 aromatic carbocycles. The van der Waals surface area contributed by atoms with Gasteiger partial charge in [-0.2, -0.15) is 0 Å². The molecule has 0 aliphatic rings. The van der Waals surface area contributed by atoms with Crippen molar-refractivity contribution in [2.45, 2.75) is 39.7 Å². The molecule has 0 fully saturated rings. The Morgan fingerprint density at radius 2 is 1.94 bits per heavy atom. The topological polar surface area (TPSA) is 35.5 Å². The standard InChI is InChI=1S/C14H20O3/c1-10-6-7-11(12(8-10)16-5)9-13(15)17-14(2,3)4/h6-8H,9H2,1-5H3. The van der Waals surface area contributed by atoms with E-state index in [4.69, 9.17) is 9.47 Å². The predicted molar refractivity (Wildman–Crippen MR) is 67.3 cm³/mol. The molecule has 0 aliphatic heterocycles. The largest absolute Gasteiger partial charge is 0.496 e. The van der Waals surface area contributed by atoms with E-state index in [0.29, 0.717) is 0 Å². The Kier molecular flexibility index (Phi) is 4.16. The second kappa shape index (κ2) is 5.21. The van der Waals surface area contributed by atoms with Gasteiger partial charge < -0.3 is 9.47 Å². The third-order valence-electron chi connectivity index (χ3n) is 2.20. The molecule has 0 N–H and O–H groups in total. The van der Waals surface area contributed by atoms with E-state index in [1.54, 1.807) is 7.11 Å². The summed E-state index contributed by atoms with van der Waals surface area (Å²) < 4.78 is 10.5. The zero-order valence-corrected chi connectivity index (χ0v) is 11.2. The fraction of sp³-hybridized carbons (Fsp3) is 0.500. The normalized spacial score (nSPS) is 11.1. The lowest BCUT2D eigenvalue weighted by atomic mass is 10.1. The molecular weight excluding hydrogens is 216 g/mol. The van der Waals surface area contributed by atoms with Crippen molar-refractivity contribution < 1.29 is 14.3 Å². The van der Waals surface area contributed by atoms with Crippen LogP contribution in [0.25, 0.3) is 0 Å². The summed E-state index contributed by atoms with van der Waals surface area (Å²) in [7, 11) is 1.60. The highest BCUT2D eigenvalue weighted by molar-refractivity contribution is 5.74. The SMILES string of the molecule is COc1cc(C)ccc1CC(=O)OC(C)(C)C. The smallest absolute Gasteiger partial charge is 0.310 e. The van der Waals surface area contributed by atoms with Crippen LogP contribution in [0.15, 0.2) is 18.2 Å². The number of hydrogen-bond acceptors (Lipinski definition) is 3. The maximum Gasteiger partial charge on any atom is 0.310 e. The molecule has 0 atom stereocenters. The molecule has 0 heterocycles. The second-order valence-electron chi connectivity index (χ2n) is 5.08. The Labute approximate surface area is 103 Å². The Bertz CT molecular complexity index is 402. The van der Waals surface area contributed by atoms with Gasteiger partial charge in [0.05, 0.1) is 13.5 Å². The molecule has 1 rings (SSSR count). The molecule has 94 valence electrons. The van der Waals surface area contributed by atoms with Gasteiger partial charge in [0, 0.05) is 5.56 Å². The Morgan fingerprint density at radius 1 is 1.29 bits per heavy atom. The van der Waals surface area contributed by atoms with Gasteiger partial charge in [0.2, 0.25) is 0 Å². The molecule has 0 unspecified atom stereocenters. The summed E-state index contributed by atoms with van der Waals surface area (Å²) in [6.07, 6.45) is 0.237. The van der Waals surface area contributed by atoms with Gasteiger partial charge >= 0.3 is 5.97 Å². The van der Waals surface area contributed by atoms with Crippen LogP contribution < -0.4 is 4.74 Å². The first-order valence-corrected chi connectivity index (χ1v) is 5.67. The number of aryl methyl sites for hydroxylation is 1. The average molecular weight is 236 g/mol. The Hall–Kier alpha value is -1.51. The van der Waals surface area contributed by atoms with Gasteiger partial charge in [-0.15, -0.1) is 0 Å².